The summed E-state index contributed by atoms with van der Waals surface area (Å²) in [7, 11) is 0. The molecule has 1 heterocycles. The van der Waals surface area contributed by atoms with Gasteiger partial charge in [0.05, 0.1) is 19.3 Å². The fourth-order valence-corrected chi connectivity index (χ4v) is 3.14. The van der Waals surface area contributed by atoms with E-state index < -0.39 is 0 Å². The maximum atomic E-state index is 12.7. The molecule has 1 aliphatic heterocycles. The number of nitrogens with one attached hydrogen (secondary N) is 2. The van der Waals surface area contributed by atoms with Crippen molar-refractivity contribution in [3.63, 3.8) is 0 Å². The molecule has 0 aromatic heterocycles. The fraction of sp³-hybridized carbons (Fsp3) is 0.300. The van der Waals surface area contributed by atoms with Crippen LogP contribution < -0.4 is 10.6 Å². The molecule has 0 radical (unpaired) electrons. The minimum atomic E-state index is -0.348. The van der Waals surface area contributed by atoms with Gasteiger partial charge in [-0.15, -0.1) is 0 Å². The molecule has 1 saturated heterocycles. The Kier molecular flexibility index (Phi) is 6.32. The summed E-state index contributed by atoms with van der Waals surface area (Å²) < 4.78 is 5.38. The number of anilines is 1. The lowest BCUT2D eigenvalue weighted by atomic mass is 10.1. The topological polar surface area (TPSA) is 70.7 Å². The second-order valence-electron chi connectivity index (χ2n) is 6.44. The minimum Gasteiger partial charge on any atom is -0.377 e. The van der Waals surface area contributed by atoms with Gasteiger partial charge < -0.3 is 20.3 Å². The summed E-state index contributed by atoms with van der Waals surface area (Å²) in [6, 6.07) is 13.9. The Morgan fingerprint density at radius 1 is 1.22 bits per heavy atom. The second-order valence-corrected chi connectivity index (χ2v) is 6.88. The molecule has 2 aromatic rings. The third kappa shape index (κ3) is 5.21. The van der Waals surface area contributed by atoms with E-state index in [1.54, 1.807) is 41.3 Å². The highest BCUT2D eigenvalue weighted by atomic mass is 35.5. The Morgan fingerprint density at radius 3 is 2.81 bits per heavy atom. The van der Waals surface area contributed by atoms with Crippen molar-refractivity contribution < 1.29 is 14.3 Å². The maximum absolute atomic E-state index is 12.7. The third-order valence-electron chi connectivity index (χ3n) is 4.34. The number of ether oxygens (including phenoxy) is 1. The van der Waals surface area contributed by atoms with Crippen molar-refractivity contribution in [3.05, 3.63) is 64.7 Å². The predicted octanol–water partition coefficient (Wildman–Crippen LogP) is 3.52. The Morgan fingerprint density at radius 2 is 2.04 bits per heavy atom. The van der Waals surface area contributed by atoms with Gasteiger partial charge in [-0.2, -0.15) is 0 Å². The van der Waals surface area contributed by atoms with E-state index in [1.807, 2.05) is 19.1 Å². The molecule has 3 amide bonds. The first-order chi connectivity index (χ1) is 13.0. The zero-order chi connectivity index (χ0) is 19.2. The number of urea groups is 1. The number of amides is 3. The lowest BCUT2D eigenvalue weighted by molar-refractivity contribution is 0.00360. The first-order valence-electron chi connectivity index (χ1n) is 8.81. The van der Waals surface area contributed by atoms with Gasteiger partial charge in [0.2, 0.25) is 0 Å². The van der Waals surface area contributed by atoms with E-state index in [1.165, 1.54) is 0 Å². The molecule has 1 atom stereocenters. The number of rotatable bonds is 4. The van der Waals surface area contributed by atoms with Gasteiger partial charge in [0, 0.05) is 29.4 Å². The van der Waals surface area contributed by atoms with Crippen LogP contribution >= 0.6 is 11.6 Å². The zero-order valence-corrected chi connectivity index (χ0v) is 15.8. The summed E-state index contributed by atoms with van der Waals surface area (Å²) in [6.45, 7) is 3.96. The molecule has 2 N–H and O–H groups in total. The lowest BCUT2D eigenvalue weighted by Crippen LogP contribution is -2.47. The summed E-state index contributed by atoms with van der Waals surface area (Å²) in [4.78, 5) is 26.7. The van der Waals surface area contributed by atoms with Crippen molar-refractivity contribution in [3.8, 4) is 0 Å². The number of hydrogen-bond donors (Lipinski definition) is 2. The van der Waals surface area contributed by atoms with Crippen molar-refractivity contribution in [2.45, 2.75) is 19.5 Å². The molecule has 0 aliphatic carbocycles. The molecule has 7 heteroatoms. The van der Waals surface area contributed by atoms with E-state index in [0.717, 1.165) is 5.56 Å². The van der Waals surface area contributed by atoms with Crippen LogP contribution in [-0.4, -0.2) is 42.6 Å². The van der Waals surface area contributed by atoms with E-state index >= 15 is 0 Å². The van der Waals surface area contributed by atoms with Crippen LogP contribution in [0.2, 0.25) is 5.02 Å². The summed E-state index contributed by atoms with van der Waals surface area (Å²) in [5.74, 6) is -0.0613. The van der Waals surface area contributed by atoms with Gasteiger partial charge in [-0.25, -0.2) is 4.79 Å². The van der Waals surface area contributed by atoms with Gasteiger partial charge in [-0.3, -0.25) is 4.79 Å². The summed E-state index contributed by atoms with van der Waals surface area (Å²) in [5, 5.41) is 6.15. The van der Waals surface area contributed by atoms with E-state index in [0.29, 0.717) is 42.6 Å². The lowest BCUT2D eigenvalue weighted by Gasteiger charge is -2.33. The number of halogens is 1. The smallest absolute Gasteiger partial charge is 0.319 e. The molecule has 1 unspecified atom stereocenters. The summed E-state index contributed by atoms with van der Waals surface area (Å²) in [5.41, 5.74) is 2.00. The highest BCUT2D eigenvalue weighted by molar-refractivity contribution is 6.30. The molecule has 0 saturated carbocycles. The van der Waals surface area contributed by atoms with Gasteiger partial charge in [-0.1, -0.05) is 29.8 Å². The van der Waals surface area contributed by atoms with Crippen LogP contribution in [-0.2, 0) is 11.3 Å². The number of benzene rings is 2. The number of carbonyl (C=O) groups is 2. The molecule has 0 bridgehead atoms. The van der Waals surface area contributed by atoms with Gasteiger partial charge in [0.15, 0.2) is 0 Å². The van der Waals surface area contributed by atoms with Crippen LogP contribution in [0.25, 0.3) is 0 Å². The molecule has 142 valence electrons. The van der Waals surface area contributed by atoms with Crippen molar-refractivity contribution in [1.82, 2.24) is 10.2 Å². The average Bonchev–Trinajstić information content (AvgIpc) is 2.66. The van der Waals surface area contributed by atoms with E-state index in [9.17, 15) is 9.59 Å². The fourth-order valence-electron chi connectivity index (χ4n) is 2.93. The molecule has 1 fully saturated rings. The van der Waals surface area contributed by atoms with Crippen LogP contribution in [0.4, 0.5) is 10.5 Å². The first kappa shape index (κ1) is 19.2. The normalized spacial score (nSPS) is 16.7. The maximum Gasteiger partial charge on any atom is 0.319 e. The molecule has 1 aliphatic rings. The molecule has 27 heavy (non-hydrogen) atoms. The van der Waals surface area contributed by atoms with E-state index in [4.69, 9.17) is 16.3 Å². The quantitative estimate of drug-likeness (QED) is 0.843. The number of carbonyl (C=O) groups excluding carboxylic acids is 2. The Balaban J connectivity index is 1.59. The highest BCUT2D eigenvalue weighted by Gasteiger charge is 2.24. The van der Waals surface area contributed by atoms with Gasteiger partial charge >= 0.3 is 6.03 Å². The van der Waals surface area contributed by atoms with E-state index in [-0.39, 0.29) is 18.0 Å². The SMILES string of the molecule is CC1COCCN1C(=O)c1cccc(NC(=O)NCc2cccc(Cl)c2)c1. The number of hydrogen-bond acceptors (Lipinski definition) is 3. The number of morpholine rings is 1. The molecule has 0 spiro atoms. The summed E-state index contributed by atoms with van der Waals surface area (Å²) >= 11 is 5.94. The van der Waals surface area contributed by atoms with Crippen LogP contribution in [0.3, 0.4) is 0 Å². The third-order valence-corrected chi connectivity index (χ3v) is 4.57. The highest BCUT2D eigenvalue weighted by Crippen LogP contribution is 2.16. The first-order valence-corrected chi connectivity index (χ1v) is 9.19. The molecule has 6 nitrogen and oxygen atoms in total. The van der Waals surface area contributed by atoms with Gasteiger partial charge in [0.25, 0.3) is 5.91 Å². The zero-order valence-electron chi connectivity index (χ0n) is 15.1. The summed E-state index contributed by atoms with van der Waals surface area (Å²) in [6.07, 6.45) is 0. The van der Waals surface area contributed by atoms with Crippen molar-refractivity contribution >= 4 is 29.2 Å². The second kappa shape index (κ2) is 8.88. The van der Waals surface area contributed by atoms with Crippen molar-refractivity contribution in [2.75, 3.05) is 25.1 Å². The molecular formula is C20H22ClN3O3. The van der Waals surface area contributed by atoms with Crippen molar-refractivity contribution in [1.29, 1.82) is 0 Å². The van der Waals surface area contributed by atoms with Crippen LogP contribution in [0.15, 0.2) is 48.5 Å². The molecular weight excluding hydrogens is 366 g/mol. The molecule has 3 rings (SSSR count). The standard InChI is InChI=1S/C20H22ClN3O3/c1-14-13-27-9-8-24(14)19(25)16-5-3-7-18(11-16)23-20(26)22-12-15-4-2-6-17(21)10-15/h2-7,10-11,14H,8-9,12-13H2,1H3,(H2,22,23,26). The monoisotopic (exact) mass is 387 g/mol. The average molecular weight is 388 g/mol. The largest absolute Gasteiger partial charge is 0.377 e. The predicted molar refractivity (Wildman–Crippen MR) is 105 cm³/mol. The molecule has 2 aromatic carbocycles. The van der Waals surface area contributed by atoms with Crippen LogP contribution in [0, 0.1) is 0 Å². The van der Waals surface area contributed by atoms with Crippen LogP contribution in [0.5, 0.6) is 0 Å². The van der Waals surface area contributed by atoms with E-state index in [2.05, 4.69) is 10.6 Å². The number of nitrogens with zero attached hydrogens (tertiary/aromatic N) is 1. The van der Waals surface area contributed by atoms with Crippen molar-refractivity contribution in [2.24, 2.45) is 0 Å². The van der Waals surface area contributed by atoms with Gasteiger partial charge in [0.1, 0.15) is 0 Å². The Bertz CT molecular complexity index is 828. The Hall–Kier alpha value is -2.57. The van der Waals surface area contributed by atoms with Gasteiger partial charge in [-0.05, 0) is 42.8 Å². The Labute approximate surface area is 163 Å². The minimum absolute atomic E-state index is 0.0314. The van der Waals surface area contributed by atoms with Crippen LogP contribution in [0.1, 0.15) is 22.8 Å².